The van der Waals surface area contributed by atoms with Crippen molar-refractivity contribution in [2.24, 2.45) is 0 Å². The molecule has 0 saturated carbocycles. The van der Waals surface area contributed by atoms with E-state index in [4.69, 9.17) is 4.74 Å². The predicted octanol–water partition coefficient (Wildman–Crippen LogP) is 3.91. The molecule has 0 aliphatic carbocycles. The van der Waals surface area contributed by atoms with Gasteiger partial charge >= 0.3 is 5.97 Å². The molecule has 28 heavy (non-hydrogen) atoms. The normalized spacial score (nSPS) is 11.5. The number of thiophene rings is 1. The second kappa shape index (κ2) is 8.24. The van der Waals surface area contributed by atoms with E-state index in [0.717, 1.165) is 16.1 Å². The number of thiazole rings is 1. The number of tetrazole rings is 1. The van der Waals surface area contributed by atoms with E-state index < -0.39 is 5.97 Å². The number of benzene rings is 1. The van der Waals surface area contributed by atoms with Crippen LogP contribution in [0.4, 0.5) is 0 Å². The molecule has 0 aliphatic heterocycles. The van der Waals surface area contributed by atoms with Crippen LogP contribution < -0.4 is 0 Å². The summed E-state index contributed by atoms with van der Waals surface area (Å²) in [7, 11) is 0. The van der Waals surface area contributed by atoms with E-state index in [0.29, 0.717) is 11.5 Å². The van der Waals surface area contributed by atoms with Gasteiger partial charge in [-0.25, -0.2) is 9.78 Å². The lowest BCUT2D eigenvalue weighted by molar-refractivity contribution is -0.138. The SMILES string of the molecule is Cc1nnnn1/C(=C\c1ccccc1)C(=O)OCc1csc(-c2ccsc2)n1. The Labute approximate surface area is 168 Å². The highest BCUT2D eigenvalue weighted by molar-refractivity contribution is 7.14. The van der Waals surface area contributed by atoms with Crippen molar-refractivity contribution in [2.75, 3.05) is 0 Å². The molecule has 0 unspecified atom stereocenters. The van der Waals surface area contributed by atoms with Gasteiger partial charge in [0, 0.05) is 16.3 Å². The predicted molar refractivity (Wildman–Crippen MR) is 108 cm³/mol. The summed E-state index contributed by atoms with van der Waals surface area (Å²) in [6, 6.07) is 11.5. The largest absolute Gasteiger partial charge is 0.454 e. The lowest BCUT2D eigenvalue weighted by Gasteiger charge is -2.08. The molecule has 140 valence electrons. The minimum atomic E-state index is -0.524. The van der Waals surface area contributed by atoms with Crippen LogP contribution in [-0.4, -0.2) is 31.2 Å². The van der Waals surface area contributed by atoms with Crippen LogP contribution in [0.25, 0.3) is 22.3 Å². The first-order valence-electron chi connectivity index (χ1n) is 8.37. The highest BCUT2D eigenvalue weighted by atomic mass is 32.1. The first-order chi connectivity index (χ1) is 13.7. The Balaban J connectivity index is 1.53. The van der Waals surface area contributed by atoms with Gasteiger partial charge in [0.15, 0.2) is 11.5 Å². The Morgan fingerprint density at radius 3 is 2.79 bits per heavy atom. The van der Waals surface area contributed by atoms with Gasteiger partial charge in [0.05, 0.1) is 5.69 Å². The van der Waals surface area contributed by atoms with Crippen LogP contribution in [0, 0.1) is 6.92 Å². The minimum absolute atomic E-state index is 0.0762. The summed E-state index contributed by atoms with van der Waals surface area (Å²) < 4.78 is 6.86. The number of hydrogen-bond acceptors (Lipinski definition) is 8. The zero-order valence-electron chi connectivity index (χ0n) is 14.8. The van der Waals surface area contributed by atoms with Gasteiger partial charge < -0.3 is 4.74 Å². The molecule has 4 rings (SSSR count). The summed E-state index contributed by atoms with van der Waals surface area (Å²) in [5.74, 6) is -0.0307. The molecule has 9 heteroatoms. The van der Waals surface area contributed by atoms with Crippen molar-refractivity contribution in [1.82, 2.24) is 25.2 Å². The number of rotatable bonds is 6. The van der Waals surface area contributed by atoms with Crippen molar-refractivity contribution < 1.29 is 9.53 Å². The molecule has 4 aromatic rings. The topological polar surface area (TPSA) is 82.8 Å². The van der Waals surface area contributed by atoms with Crippen molar-refractivity contribution in [3.63, 3.8) is 0 Å². The molecule has 1 aromatic carbocycles. The molecular formula is C19H15N5O2S2. The first kappa shape index (κ1) is 18.2. The molecule has 0 fully saturated rings. The fourth-order valence-electron chi connectivity index (χ4n) is 2.47. The van der Waals surface area contributed by atoms with Gasteiger partial charge in [0.25, 0.3) is 0 Å². The van der Waals surface area contributed by atoms with Gasteiger partial charge in [-0.15, -0.1) is 16.4 Å². The molecule has 0 atom stereocenters. The van der Waals surface area contributed by atoms with E-state index in [1.807, 2.05) is 52.5 Å². The van der Waals surface area contributed by atoms with Gasteiger partial charge in [-0.1, -0.05) is 30.3 Å². The molecule has 0 saturated heterocycles. The molecule has 0 spiro atoms. The maximum Gasteiger partial charge on any atom is 0.357 e. The third-order valence-electron chi connectivity index (χ3n) is 3.84. The molecular weight excluding hydrogens is 394 g/mol. The molecule has 7 nitrogen and oxygen atoms in total. The van der Waals surface area contributed by atoms with Crippen molar-refractivity contribution in [2.45, 2.75) is 13.5 Å². The fourth-order valence-corrected chi connectivity index (χ4v) is 3.99. The van der Waals surface area contributed by atoms with Crippen molar-refractivity contribution in [3.8, 4) is 10.6 Å². The summed E-state index contributed by atoms with van der Waals surface area (Å²) in [6.07, 6.45) is 1.70. The molecule has 3 heterocycles. The Morgan fingerprint density at radius 2 is 2.07 bits per heavy atom. The number of nitrogens with zero attached hydrogens (tertiary/aromatic N) is 5. The molecule has 3 aromatic heterocycles. The van der Waals surface area contributed by atoms with Crippen molar-refractivity contribution >= 4 is 40.4 Å². The average molecular weight is 409 g/mol. The first-order valence-corrected chi connectivity index (χ1v) is 10.2. The minimum Gasteiger partial charge on any atom is -0.454 e. The molecule has 0 radical (unpaired) electrons. The highest BCUT2D eigenvalue weighted by Gasteiger charge is 2.18. The zero-order valence-corrected chi connectivity index (χ0v) is 16.5. The molecule has 0 bridgehead atoms. The van der Waals surface area contributed by atoms with E-state index >= 15 is 0 Å². The Kier molecular flexibility index (Phi) is 5.36. The van der Waals surface area contributed by atoms with Crippen LogP contribution >= 0.6 is 22.7 Å². The molecule has 0 aliphatic rings. The van der Waals surface area contributed by atoms with Gasteiger partial charge in [-0.05, 0) is 40.4 Å². The summed E-state index contributed by atoms with van der Waals surface area (Å²) in [5, 5.41) is 18.2. The van der Waals surface area contributed by atoms with Gasteiger partial charge in [0.1, 0.15) is 11.6 Å². The maximum absolute atomic E-state index is 12.8. The lowest BCUT2D eigenvalue weighted by atomic mass is 10.2. The fraction of sp³-hybridized carbons (Fsp3) is 0.105. The number of carbonyl (C=O) groups excluding carboxylic acids is 1. The summed E-state index contributed by atoms with van der Waals surface area (Å²) >= 11 is 3.14. The van der Waals surface area contributed by atoms with Crippen LogP contribution in [-0.2, 0) is 16.1 Å². The maximum atomic E-state index is 12.8. The number of carbonyl (C=O) groups is 1. The average Bonchev–Trinajstić information content (AvgIpc) is 3.46. The van der Waals surface area contributed by atoms with E-state index in [1.54, 1.807) is 24.3 Å². The monoisotopic (exact) mass is 409 g/mol. The number of aromatic nitrogens is 5. The smallest absolute Gasteiger partial charge is 0.357 e. The van der Waals surface area contributed by atoms with Crippen molar-refractivity contribution in [1.29, 1.82) is 0 Å². The standard InChI is InChI=1S/C19H15N5O2S2/c1-13-21-22-23-24(13)17(9-14-5-3-2-4-6-14)19(25)26-10-16-12-28-18(20-16)15-7-8-27-11-15/h2-9,11-12H,10H2,1H3/b17-9-. The quantitative estimate of drug-likeness (QED) is 0.355. The second-order valence-corrected chi connectivity index (χ2v) is 7.45. The van der Waals surface area contributed by atoms with E-state index in [-0.39, 0.29) is 12.3 Å². The zero-order chi connectivity index (χ0) is 19.3. The third-order valence-corrected chi connectivity index (χ3v) is 5.46. The Morgan fingerprint density at radius 1 is 1.21 bits per heavy atom. The third kappa shape index (κ3) is 4.05. The van der Waals surface area contributed by atoms with E-state index in [1.165, 1.54) is 16.0 Å². The van der Waals surface area contributed by atoms with Gasteiger partial charge in [-0.2, -0.15) is 16.0 Å². The Hall–Kier alpha value is -3.17. The molecule has 0 N–H and O–H groups in total. The number of aryl methyl sites for hydroxylation is 1. The van der Waals surface area contributed by atoms with E-state index in [9.17, 15) is 4.79 Å². The number of hydrogen-bond donors (Lipinski definition) is 0. The number of esters is 1. The van der Waals surface area contributed by atoms with Crippen molar-refractivity contribution in [3.05, 3.63) is 69.6 Å². The van der Waals surface area contributed by atoms with Gasteiger partial charge in [-0.3, -0.25) is 0 Å². The number of ether oxygens (including phenoxy) is 1. The summed E-state index contributed by atoms with van der Waals surface area (Å²) in [4.78, 5) is 17.3. The van der Waals surface area contributed by atoms with Gasteiger partial charge in [0.2, 0.25) is 0 Å². The molecule has 0 amide bonds. The van der Waals surface area contributed by atoms with E-state index in [2.05, 4.69) is 20.5 Å². The van der Waals surface area contributed by atoms with Crippen LogP contribution in [0.3, 0.4) is 0 Å². The Bertz CT molecular complexity index is 1100. The highest BCUT2D eigenvalue weighted by Crippen LogP contribution is 2.26. The second-order valence-electron chi connectivity index (χ2n) is 5.81. The van der Waals surface area contributed by atoms with Crippen LogP contribution in [0.2, 0.25) is 0 Å². The van der Waals surface area contributed by atoms with Crippen LogP contribution in [0.1, 0.15) is 17.1 Å². The van der Waals surface area contributed by atoms with Crippen LogP contribution in [0.5, 0.6) is 0 Å². The summed E-state index contributed by atoms with van der Waals surface area (Å²) in [6.45, 7) is 1.80. The lowest BCUT2D eigenvalue weighted by Crippen LogP contribution is -2.15. The summed E-state index contributed by atoms with van der Waals surface area (Å²) in [5.41, 5.74) is 2.85. The van der Waals surface area contributed by atoms with Crippen LogP contribution in [0.15, 0.2) is 52.5 Å².